The number of rotatable bonds is 6. The molecule has 5 fully saturated rings. The largest absolute Gasteiger partial charge is 0.393 e. The molecule has 4 saturated carbocycles. The van der Waals surface area contributed by atoms with Crippen molar-refractivity contribution in [1.29, 1.82) is 0 Å². The Morgan fingerprint density at radius 2 is 1.69 bits per heavy atom. The van der Waals surface area contributed by atoms with E-state index in [9.17, 15) is 28.0 Å². The van der Waals surface area contributed by atoms with E-state index in [4.69, 9.17) is 0 Å². The lowest BCUT2D eigenvalue weighted by atomic mass is 9.41. The average molecular weight is 568 g/mol. The van der Waals surface area contributed by atoms with Crippen molar-refractivity contribution in [3.63, 3.8) is 0 Å². The Morgan fingerprint density at radius 1 is 1.00 bits per heavy atom. The zero-order valence-corrected chi connectivity index (χ0v) is 25.4. The number of piperidine rings is 1. The molecular formula is C31H53NO6S. The summed E-state index contributed by atoms with van der Waals surface area (Å²) < 4.78 is 32.7. The third kappa shape index (κ3) is 5.12. The van der Waals surface area contributed by atoms with Gasteiger partial charge in [0.15, 0.2) is 0 Å². The van der Waals surface area contributed by atoms with E-state index in [-0.39, 0.29) is 41.4 Å². The highest BCUT2D eigenvalue weighted by atomic mass is 32.2. The summed E-state index contributed by atoms with van der Waals surface area (Å²) in [6, 6.07) is 0. The number of hydrogen-bond donors (Lipinski definition) is 3. The molecule has 5 aliphatic rings. The van der Waals surface area contributed by atoms with Crippen LogP contribution in [-0.2, 0) is 14.9 Å². The topological polar surface area (TPSA) is 115 Å². The van der Waals surface area contributed by atoms with E-state index in [0.29, 0.717) is 61.3 Å². The molecule has 0 aromatic carbocycles. The van der Waals surface area contributed by atoms with Crippen LogP contribution in [0, 0.1) is 52.3 Å². The molecule has 39 heavy (non-hydrogen) atoms. The Kier molecular flexibility index (Phi) is 8.29. The van der Waals surface area contributed by atoms with E-state index in [1.54, 1.807) is 4.90 Å². The number of carbonyl (C=O) groups is 1. The highest BCUT2D eigenvalue weighted by molar-refractivity contribution is 7.86. The number of fused-ring (bicyclic) bond motifs is 5. The molecule has 1 aliphatic heterocycles. The molecule has 12 atom stereocenters. The first-order valence-corrected chi connectivity index (χ1v) is 17.4. The summed E-state index contributed by atoms with van der Waals surface area (Å²) in [6.45, 7) is 10.1. The molecule has 4 aliphatic carbocycles. The molecule has 0 spiro atoms. The van der Waals surface area contributed by atoms with Crippen molar-refractivity contribution in [1.82, 2.24) is 4.90 Å². The zero-order chi connectivity index (χ0) is 28.3. The minimum atomic E-state index is -4.12. The van der Waals surface area contributed by atoms with Gasteiger partial charge in [0.1, 0.15) is 5.25 Å². The van der Waals surface area contributed by atoms with Crippen LogP contribution in [0.25, 0.3) is 0 Å². The first kappa shape index (κ1) is 29.8. The van der Waals surface area contributed by atoms with Gasteiger partial charge in [-0.15, -0.1) is 0 Å². The number of nitrogens with zero attached hydrogens (tertiary/aromatic N) is 1. The summed E-state index contributed by atoms with van der Waals surface area (Å²) >= 11 is 0. The second-order valence-corrected chi connectivity index (χ2v) is 16.5. The van der Waals surface area contributed by atoms with Crippen LogP contribution < -0.4 is 0 Å². The van der Waals surface area contributed by atoms with Crippen molar-refractivity contribution in [3.05, 3.63) is 0 Å². The molecule has 1 amide bonds. The van der Waals surface area contributed by atoms with E-state index >= 15 is 0 Å². The molecule has 224 valence electrons. The van der Waals surface area contributed by atoms with Crippen LogP contribution in [0.2, 0.25) is 0 Å². The molecule has 1 saturated heterocycles. The van der Waals surface area contributed by atoms with Crippen molar-refractivity contribution < 1.29 is 28.0 Å². The molecule has 0 aromatic rings. The van der Waals surface area contributed by atoms with E-state index in [1.165, 1.54) is 6.42 Å². The predicted molar refractivity (Wildman–Crippen MR) is 151 cm³/mol. The van der Waals surface area contributed by atoms with Crippen LogP contribution in [0.15, 0.2) is 0 Å². The van der Waals surface area contributed by atoms with Crippen LogP contribution in [0.5, 0.6) is 0 Å². The molecule has 5 rings (SSSR count). The van der Waals surface area contributed by atoms with Crippen LogP contribution in [0.3, 0.4) is 0 Å². The average Bonchev–Trinajstić information content (AvgIpc) is 3.25. The third-order valence-corrected chi connectivity index (χ3v) is 14.3. The maximum absolute atomic E-state index is 13.0. The molecule has 0 unspecified atom stereocenters. The van der Waals surface area contributed by atoms with Crippen molar-refractivity contribution in [2.24, 2.45) is 52.3 Å². The highest BCUT2D eigenvalue weighted by Crippen LogP contribution is 2.69. The maximum atomic E-state index is 13.0. The van der Waals surface area contributed by atoms with Gasteiger partial charge in [0.05, 0.1) is 12.2 Å². The Hall–Kier alpha value is -0.700. The second-order valence-electron chi connectivity index (χ2n) is 14.8. The molecule has 7 nitrogen and oxygen atoms in total. The van der Waals surface area contributed by atoms with Crippen molar-refractivity contribution in [2.45, 2.75) is 122 Å². The summed E-state index contributed by atoms with van der Waals surface area (Å²) in [5, 5.41) is 21.6. The lowest BCUT2D eigenvalue weighted by Gasteiger charge is -2.64. The standard InChI is InChI=1S/C31H53NO6S/c1-5-22-26-17-20(33)12-14-31(26,4)25-13-15-30(3)23(9-10-24(30)28(25)29(22)35)19(2)8-11-27(34)32-16-6-7-21(18-32)39(36,37)38/h19-26,28-29,33,35H,5-18H2,1-4H3,(H,36,37,38)/t19-,20-,21+,22-,23-,24+,25+,26+,28+,29-,30-,31-/m1/s1. The molecular weight excluding hydrogens is 514 g/mol. The van der Waals surface area contributed by atoms with Crippen molar-refractivity contribution in [3.8, 4) is 0 Å². The smallest absolute Gasteiger partial charge is 0.269 e. The first-order chi connectivity index (χ1) is 18.3. The molecule has 0 bridgehead atoms. The van der Waals surface area contributed by atoms with Gasteiger partial charge < -0.3 is 15.1 Å². The summed E-state index contributed by atoms with van der Waals surface area (Å²) in [5.41, 5.74) is 0.372. The molecule has 0 radical (unpaired) electrons. The van der Waals surface area contributed by atoms with E-state index < -0.39 is 15.4 Å². The second kappa shape index (κ2) is 10.9. The number of hydrogen-bond acceptors (Lipinski definition) is 5. The number of amides is 1. The van der Waals surface area contributed by atoms with Gasteiger partial charge in [0, 0.05) is 19.5 Å². The number of aliphatic hydroxyl groups excluding tert-OH is 2. The van der Waals surface area contributed by atoms with Gasteiger partial charge in [-0.2, -0.15) is 8.42 Å². The summed E-state index contributed by atoms with van der Waals surface area (Å²) in [6.07, 6.45) is 10.1. The fourth-order valence-corrected chi connectivity index (χ4v) is 11.9. The van der Waals surface area contributed by atoms with Gasteiger partial charge in [-0.3, -0.25) is 9.35 Å². The van der Waals surface area contributed by atoms with Crippen LogP contribution >= 0.6 is 0 Å². The monoisotopic (exact) mass is 567 g/mol. The maximum Gasteiger partial charge on any atom is 0.269 e. The van der Waals surface area contributed by atoms with Gasteiger partial charge in [-0.1, -0.05) is 34.1 Å². The number of likely N-dealkylation sites (tertiary alicyclic amines) is 1. The number of aliphatic hydroxyl groups is 2. The molecule has 8 heteroatoms. The lowest BCUT2D eigenvalue weighted by molar-refractivity contribution is -0.203. The van der Waals surface area contributed by atoms with Gasteiger partial charge in [0.2, 0.25) is 5.91 Å². The quantitative estimate of drug-likeness (QED) is 0.393. The van der Waals surface area contributed by atoms with Gasteiger partial charge >= 0.3 is 0 Å². The summed E-state index contributed by atoms with van der Waals surface area (Å²) in [4.78, 5) is 14.7. The third-order valence-electron chi connectivity index (χ3n) is 13.1. The molecule has 0 aromatic heterocycles. The van der Waals surface area contributed by atoms with Crippen LogP contribution in [-0.4, -0.2) is 64.5 Å². The first-order valence-electron chi connectivity index (χ1n) is 15.9. The summed E-state index contributed by atoms with van der Waals surface area (Å²) in [5.74, 6) is 2.94. The van der Waals surface area contributed by atoms with E-state index in [2.05, 4.69) is 27.7 Å². The lowest BCUT2D eigenvalue weighted by Crippen LogP contribution is -2.62. The van der Waals surface area contributed by atoms with Gasteiger partial charge in [0.25, 0.3) is 10.1 Å². The minimum absolute atomic E-state index is 0.00514. The van der Waals surface area contributed by atoms with Crippen molar-refractivity contribution in [2.75, 3.05) is 13.1 Å². The Bertz CT molecular complexity index is 1020. The van der Waals surface area contributed by atoms with Crippen LogP contribution in [0.1, 0.15) is 105 Å². The highest BCUT2D eigenvalue weighted by Gasteiger charge is 2.64. The fraction of sp³-hybridized carbons (Fsp3) is 0.968. The Balaban J connectivity index is 1.27. The predicted octanol–water partition coefficient (Wildman–Crippen LogP) is 4.91. The summed E-state index contributed by atoms with van der Waals surface area (Å²) in [7, 11) is -4.12. The minimum Gasteiger partial charge on any atom is -0.393 e. The molecule has 1 heterocycles. The van der Waals surface area contributed by atoms with E-state index in [0.717, 1.165) is 51.4 Å². The Labute approximate surface area is 236 Å². The molecule has 3 N–H and O–H groups in total. The van der Waals surface area contributed by atoms with Gasteiger partial charge in [-0.05, 0) is 116 Å². The fourth-order valence-electron chi connectivity index (χ4n) is 11.1. The van der Waals surface area contributed by atoms with Crippen LogP contribution in [0.4, 0.5) is 0 Å². The van der Waals surface area contributed by atoms with Gasteiger partial charge in [-0.25, -0.2) is 0 Å². The zero-order valence-electron chi connectivity index (χ0n) is 24.6. The number of carbonyl (C=O) groups excluding carboxylic acids is 1. The normalized spacial score (nSPS) is 47.2. The van der Waals surface area contributed by atoms with Crippen molar-refractivity contribution >= 4 is 16.0 Å². The SMILES string of the molecule is CC[C@H]1[C@@H](O)[C@@H]2[C@H](CC[C@]3(C)[C@@H]([C@H](C)CCC(=O)N4CCC[C@H](S(=O)(=O)O)C4)CC[C@@H]23)[C@@]2(C)CC[C@@H](O)C[C@@H]12. The Morgan fingerprint density at radius 3 is 2.38 bits per heavy atom. The van der Waals surface area contributed by atoms with E-state index in [1.807, 2.05) is 0 Å².